The molecule has 0 fully saturated rings. The third kappa shape index (κ3) is 4.80. The van der Waals surface area contributed by atoms with Crippen LogP contribution < -0.4 is 9.47 Å². The molecule has 5 nitrogen and oxygen atoms in total. The van der Waals surface area contributed by atoms with Gasteiger partial charge in [-0.05, 0) is 46.7 Å². The highest BCUT2D eigenvalue weighted by Gasteiger charge is 2.20. The summed E-state index contributed by atoms with van der Waals surface area (Å²) < 4.78 is 11.1. The van der Waals surface area contributed by atoms with Crippen molar-refractivity contribution in [1.82, 2.24) is 4.98 Å². The molecule has 3 rings (SSSR count). The first-order valence-corrected chi connectivity index (χ1v) is 9.27. The molecule has 0 bridgehead atoms. The van der Waals surface area contributed by atoms with Crippen LogP contribution in [0.5, 0.6) is 11.5 Å². The van der Waals surface area contributed by atoms with E-state index in [4.69, 9.17) is 9.47 Å². The number of hydrogen-bond donors (Lipinski definition) is 1. The first kappa shape index (κ1) is 19.7. The molecule has 0 radical (unpaired) electrons. The zero-order valence-electron chi connectivity index (χ0n) is 16.8. The minimum atomic E-state index is -0.123. The van der Waals surface area contributed by atoms with Crippen LogP contribution in [-0.2, 0) is 10.2 Å². The lowest BCUT2D eigenvalue weighted by Gasteiger charge is -2.23. The molecule has 0 spiro atoms. The number of benzene rings is 2. The van der Waals surface area contributed by atoms with Gasteiger partial charge in [0.2, 0.25) is 0 Å². The quantitative estimate of drug-likeness (QED) is 0.614. The number of aromatic amines is 1. The Hall–Kier alpha value is -3.08. The maximum Gasteiger partial charge on any atom is 0.191 e. The molecular weight excluding hydrogens is 352 g/mol. The molecule has 1 heterocycles. The molecule has 0 atom stereocenters. The van der Waals surface area contributed by atoms with Crippen molar-refractivity contribution < 1.29 is 14.3 Å². The van der Waals surface area contributed by atoms with E-state index in [0.29, 0.717) is 5.75 Å². The molecule has 2 aromatic carbocycles. The number of aromatic nitrogens is 1. The Kier molecular flexibility index (Phi) is 5.83. The molecular formula is C23H26N2O3. The summed E-state index contributed by atoms with van der Waals surface area (Å²) >= 11 is 0. The molecule has 0 saturated heterocycles. The third-order valence-corrected chi connectivity index (χ3v) is 4.47. The molecule has 5 heteroatoms. The summed E-state index contributed by atoms with van der Waals surface area (Å²) in [5.41, 5.74) is 2.88. The number of ether oxygens (including phenoxy) is 2. The summed E-state index contributed by atoms with van der Waals surface area (Å²) in [5.74, 6) is 1.39. The van der Waals surface area contributed by atoms with Crippen LogP contribution in [0, 0.1) is 0 Å². The van der Waals surface area contributed by atoms with E-state index in [2.05, 4.69) is 30.7 Å². The van der Waals surface area contributed by atoms with Crippen LogP contribution in [0.15, 0.2) is 53.7 Å². The van der Waals surface area contributed by atoms with E-state index in [1.165, 1.54) is 0 Å². The standard InChI is InChI=1S/C23H26N2O3/c1-23(2,3)20-12-19(27-4)7-8-22(20)28-15-18(26)14-24-13-16-5-6-17-9-10-25-21(17)11-16/h5-13,25H,14-15H2,1-4H3. The highest BCUT2D eigenvalue weighted by atomic mass is 16.5. The summed E-state index contributed by atoms with van der Waals surface area (Å²) in [7, 11) is 1.64. The van der Waals surface area contributed by atoms with Crippen molar-refractivity contribution in [2.75, 3.05) is 20.3 Å². The number of H-pyrrole nitrogens is 1. The summed E-state index contributed by atoms with van der Waals surface area (Å²) in [6.07, 6.45) is 3.61. The number of ketones is 1. The van der Waals surface area contributed by atoms with Gasteiger partial charge in [0.1, 0.15) is 24.7 Å². The lowest BCUT2D eigenvalue weighted by atomic mass is 9.86. The molecule has 0 saturated carbocycles. The molecule has 0 aliphatic rings. The van der Waals surface area contributed by atoms with Crippen molar-refractivity contribution in [1.29, 1.82) is 0 Å². The number of carbonyl (C=O) groups excluding carboxylic acids is 1. The molecule has 3 aromatic rings. The number of aliphatic imine (C=N–C) groups is 1. The zero-order chi connectivity index (χ0) is 20.1. The van der Waals surface area contributed by atoms with Gasteiger partial charge < -0.3 is 14.5 Å². The number of carbonyl (C=O) groups is 1. The minimum Gasteiger partial charge on any atom is -0.497 e. The fourth-order valence-corrected chi connectivity index (χ4v) is 2.95. The SMILES string of the molecule is COc1ccc(OCC(=O)CN=Cc2ccc3cc[nH]c3c2)c(C(C)(C)C)c1. The summed E-state index contributed by atoms with van der Waals surface area (Å²) in [5, 5.41) is 1.15. The van der Waals surface area contributed by atoms with E-state index in [-0.39, 0.29) is 24.3 Å². The first-order chi connectivity index (χ1) is 13.4. The molecule has 0 unspecified atom stereocenters. The highest BCUT2D eigenvalue weighted by molar-refractivity contribution is 5.90. The van der Waals surface area contributed by atoms with Gasteiger partial charge in [-0.25, -0.2) is 0 Å². The van der Waals surface area contributed by atoms with E-state index in [1.54, 1.807) is 13.3 Å². The van der Waals surface area contributed by atoms with Crippen LogP contribution in [0.2, 0.25) is 0 Å². The van der Waals surface area contributed by atoms with Crippen molar-refractivity contribution in [2.45, 2.75) is 26.2 Å². The van der Waals surface area contributed by atoms with Crippen molar-refractivity contribution in [3.8, 4) is 11.5 Å². The van der Waals surface area contributed by atoms with Gasteiger partial charge in [0.25, 0.3) is 0 Å². The molecule has 0 amide bonds. The highest BCUT2D eigenvalue weighted by Crippen LogP contribution is 2.34. The number of rotatable bonds is 7. The minimum absolute atomic E-state index is 0.0115. The molecule has 1 aromatic heterocycles. The first-order valence-electron chi connectivity index (χ1n) is 9.27. The fraction of sp³-hybridized carbons (Fsp3) is 0.304. The Balaban J connectivity index is 1.59. The number of methoxy groups -OCH3 is 1. The van der Waals surface area contributed by atoms with E-state index in [1.807, 2.05) is 48.7 Å². The molecule has 0 aliphatic carbocycles. The van der Waals surface area contributed by atoms with Gasteiger partial charge in [-0.1, -0.05) is 32.9 Å². The van der Waals surface area contributed by atoms with Gasteiger partial charge in [-0.15, -0.1) is 0 Å². The summed E-state index contributed by atoms with van der Waals surface area (Å²) in [6, 6.07) is 13.7. The van der Waals surface area contributed by atoms with Gasteiger partial charge >= 0.3 is 0 Å². The van der Waals surface area contributed by atoms with Gasteiger partial charge in [0.05, 0.1) is 7.11 Å². The maximum absolute atomic E-state index is 12.2. The number of Topliss-reactive ketones (excluding diaryl/α,β-unsaturated/α-hetero) is 1. The van der Waals surface area contributed by atoms with Gasteiger partial charge in [0, 0.05) is 23.5 Å². The van der Waals surface area contributed by atoms with Gasteiger partial charge in [-0.3, -0.25) is 9.79 Å². The smallest absolute Gasteiger partial charge is 0.191 e. The van der Waals surface area contributed by atoms with Crippen molar-refractivity contribution in [2.24, 2.45) is 4.99 Å². The fourth-order valence-electron chi connectivity index (χ4n) is 2.95. The molecule has 0 aliphatic heterocycles. The summed E-state index contributed by atoms with van der Waals surface area (Å²) in [4.78, 5) is 19.6. The average molecular weight is 378 g/mol. The molecule has 28 heavy (non-hydrogen) atoms. The lowest BCUT2D eigenvalue weighted by Crippen LogP contribution is -2.18. The van der Waals surface area contributed by atoms with Gasteiger partial charge in [-0.2, -0.15) is 0 Å². The maximum atomic E-state index is 12.2. The average Bonchev–Trinajstić information content (AvgIpc) is 3.13. The van der Waals surface area contributed by atoms with E-state index in [0.717, 1.165) is 27.8 Å². The predicted molar refractivity (Wildman–Crippen MR) is 113 cm³/mol. The Morgan fingerprint density at radius 2 is 1.96 bits per heavy atom. The van der Waals surface area contributed by atoms with Crippen molar-refractivity contribution in [3.05, 3.63) is 59.8 Å². The number of fused-ring (bicyclic) bond motifs is 1. The Morgan fingerprint density at radius 3 is 2.71 bits per heavy atom. The van der Waals surface area contributed by atoms with Crippen LogP contribution in [0.4, 0.5) is 0 Å². The van der Waals surface area contributed by atoms with Crippen LogP contribution >= 0.6 is 0 Å². The van der Waals surface area contributed by atoms with Crippen molar-refractivity contribution in [3.63, 3.8) is 0 Å². The molecule has 1 N–H and O–H groups in total. The number of nitrogens with one attached hydrogen (secondary N) is 1. The molecule has 146 valence electrons. The van der Waals surface area contributed by atoms with Crippen LogP contribution in [0.25, 0.3) is 10.9 Å². The van der Waals surface area contributed by atoms with Crippen LogP contribution in [-0.4, -0.2) is 37.2 Å². The zero-order valence-corrected chi connectivity index (χ0v) is 16.8. The summed E-state index contributed by atoms with van der Waals surface area (Å²) in [6.45, 7) is 6.37. The number of hydrogen-bond acceptors (Lipinski definition) is 4. The second-order valence-electron chi connectivity index (χ2n) is 7.73. The Bertz CT molecular complexity index is 996. The monoisotopic (exact) mass is 378 g/mol. The Morgan fingerprint density at radius 1 is 1.14 bits per heavy atom. The van der Waals surface area contributed by atoms with Crippen molar-refractivity contribution >= 4 is 22.9 Å². The second kappa shape index (κ2) is 8.30. The predicted octanol–water partition coefficient (Wildman–Crippen LogP) is 4.54. The van der Waals surface area contributed by atoms with Gasteiger partial charge in [0.15, 0.2) is 5.78 Å². The van der Waals surface area contributed by atoms with Crippen LogP contribution in [0.1, 0.15) is 31.9 Å². The van der Waals surface area contributed by atoms with E-state index >= 15 is 0 Å². The normalized spacial score (nSPS) is 11.9. The largest absolute Gasteiger partial charge is 0.497 e. The second-order valence-corrected chi connectivity index (χ2v) is 7.73. The van der Waals surface area contributed by atoms with Crippen LogP contribution in [0.3, 0.4) is 0 Å². The topological polar surface area (TPSA) is 63.7 Å². The Labute approximate surface area is 165 Å². The van der Waals surface area contributed by atoms with E-state index in [9.17, 15) is 4.79 Å². The lowest BCUT2D eigenvalue weighted by molar-refractivity contribution is -0.119. The third-order valence-electron chi connectivity index (χ3n) is 4.47. The van der Waals surface area contributed by atoms with E-state index < -0.39 is 0 Å². The number of nitrogens with zero attached hydrogens (tertiary/aromatic N) is 1.